The third-order valence-electron chi connectivity index (χ3n) is 4.04. The molecule has 6 nitrogen and oxygen atoms in total. The van der Waals surface area contributed by atoms with Gasteiger partial charge in [0.25, 0.3) is 0 Å². The molecule has 2 N–H and O–H groups in total. The van der Waals surface area contributed by atoms with Crippen molar-refractivity contribution in [3.63, 3.8) is 0 Å². The van der Waals surface area contributed by atoms with Crippen LogP contribution in [0, 0.1) is 5.82 Å². The van der Waals surface area contributed by atoms with Crippen molar-refractivity contribution in [2.24, 2.45) is 0 Å². The fraction of sp³-hybridized carbons (Fsp3) is 0.357. The number of hydrogen-bond acceptors (Lipinski definition) is 5. The Morgan fingerprint density at radius 2 is 2.14 bits per heavy atom. The van der Waals surface area contributed by atoms with E-state index >= 15 is 0 Å². The van der Waals surface area contributed by atoms with E-state index in [4.69, 9.17) is 10.5 Å². The number of benzene rings is 1. The maximum Gasteiger partial charge on any atom is 0.223 e. The molecule has 0 aliphatic heterocycles. The zero-order chi connectivity index (χ0) is 14.6. The second-order valence-corrected chi connectivity index (χ2v) is 5.31. The fourth-order valence-electron chi connectivity index (χ4n) is 2.68. The van der Waals surface area contributed by atoms with Gasteiger partial charge in [0, 0.05) is 12.0 Å². The lowest BCUT2D eigenvalue weighted by molar-refractivity contribution is 0.402. The number of methoxy groups -OCH3 is 1. The average Bonchev–Trinajstić information content (AvgIpc) is 2.82. The molecule has 1 saturated carbocycles. The van der Waals surface area contributed by atoms with Crippen LogP contribution in [0.25, 0.3) is 16.6 Å². The molecule has 1 aromatic carbocycles. The standard InChI is InChI=1S/C14H14FN5O/c1-21-10-6-8(15)5-9-11(10)17-14(16)20-13(9)18-12(19-20)7-3-2-4-7/h5-7H,2-4H2,1H3,(H2,16,17). The zero-order valence-electron chi connectivity index (χ0n) is 11.5. The Hall–Kier alpha value is -2.44. The Balaban J connectivity index is 2.07. The highest BCUT2D eigenvalue weighted by Gasteiger charge is 2.25. The van der Waals surface area contributed by atoms with E-state index in [9.17, 15) is 4.39 Å². The van der Waals surface area contributed by atoms with E-state index in [1.54, 1.807) is 0 Å². The molecule has 4 rings (SSSR count). The highest BCUT2D eigenvalue weighted by atomic mass is 19.1. The molecule has 2 aromatic heterocycles. The van der Waals surface area contributed by atoms with Crippen LogP contribution in [-0.4, -0.2) is 26.7 Å². The third-order valence-corrected chi connectivity index (χ3v) is 4.04. The molecule has 0 amide bonds. The monoisotopic (exact) mass is 287 g/mol. The second kappa shape index (κ2) is 4.28. The summed E-state index contributed by atoms with van der Waals surface area (Å²) in [6.45, 7) is 0. The number of rotatable bonds is 2. The van der Waals surface area contributed by atoms with Gasteiger partial charge in [-0.2, -0.15) is 4.52 Å². The van der Waals surface area contributed by atoms with Gasteiger partial charge in [0.05, 0.1) is 12.5 Å². The predicted molar refractivity (Wildman–Crippen MR) is 75.8 cm³/mol. The maximum atomic E-state index is 13.8. The summed E-state index contributed by atoms with van der Waals surface area (Å²) in [5.41, 5.74) is 6.98. The molecular formula is C14H14FN5O. The molecule has 0 unspecified atom stereocenters. The first-order valence-corrected chi connectivity index (χ1v) is 6.87. The van der Waals surface area contributed by atoms with Crippen molar-refractivity contribution in [2.45, 2.75) is 25.2 Å². The normalized spacial score (nSPS) is 15.5. The van der Waals surface area contributed by atoms with Crippen LogP contribution in [0.4, 0.5) is 10.3 Å². The van der Waals surface area contributed by atoms with E-state index in [0.29, 0.717) is 28.2 Å². The quantitative estimate of drug-likeness (QED) is 0.782. The van der Waals surface area contributed by atoms with E-state index < -0.39 is 5.82 Å². The molecule has 21 heavy (non-hydrogen) atoms. The van der Waals surface area contributed by atoms with E-state index in [1.165, 1.54) is 30.2 Å². The number of ether oxygens (including phenoxy) is 1. The van der Waals surface area contributed by atoms with Crippen LogP contribution in [0.5, 0.6) is 5.75 Å². The topological polar surface area (TPSA) is 78.3 Å². The van der Waals surface area contributed by atoms with Crippen LogP contribution in [0.1, 0.15) is 31.0 Å². The first-order chi connectivity index (χ1) is 10.2. The van der Waals surface area contributed by atoms with Gasteiger partial charge in [-0.05, 0) is 18.9 Å². The maximum absolute atomic E-state index is 13.8. The van der Waals surface area contributed by atoms with Gasteiger partial charge in [-0.1, -0.05) is 6.42 Å². The highest BCUT2D eigenvalue weighted by molar-refractivity contribution is 5.95. The lowest BCUT2D eigenvalue weighted by atomic mass is 9.85. The van der Waals surface area contributed by atoms with Crippen LogP contribution in [0.15, 0.2) is 12.1 Å². The van der Waals surface area contributed by atoms with Crippen LogP contribution in [-0.2, 0) is 0 Å². The van der Waals surface area contributed by atoms with Gasteiger partial charge in [0.1, 0.15) is 17.1 Å². The zero-order valence-corrected chi connectivity index (χ0v) is 11.5. The van der Waals surface area contributed by atoms with Crippen molar-refractivity contribution in [3.05, 3.63) is 23.8 Å². The Morgan fingerprint density at radius 1 is 1.33 bits per heavy atom. The van der Waals surface area contributed by atoms with Crippen molar-refractivity contribution in [2.75, 3.05) is 12.8 Å². The Morgan fingerprint density at radius 3 is 2.81 bits per heavy atom. The lowest BCUT2D eigenvalue weighted by Gasteiger charge is -2.21. The van der Waals surface area contributed by atoms with Gasteiger partial charge in [-0.15, -0.1) is 5.10 Å². The van der Waals surface area contributed by atoms with Crippen LogP contribution >= 0.6 is 0 Å². The number of halogens is 1. The molecule has 3 aromatic rings. The number of aromatic nitrogens is 4. The summed E-state index contributed by atoms with van der Waals surface area (Å²) < 4.78 is 20.4. The molecule has 2 heterocycles. The average molecular weight is 287 g/mol. The van der Waals surface area contributed by atoms with Crippen LogP contribution in [0.2, 0.25) is 0 Å². The van der Waals surface area contributed by atoms with Gasteiger partial charge in [0.15, 0.2) is 11.5 Å². The largest absolute Gasteiger partial charge is 0.494 e. The summed E-state index contributed by atoms with van der Waals surface area (Å²) in [4.78, 5) is 8.83. The highest BCUT2D eigenvalue weighted by Crippen LogP contribution is 2.36. The van der Waals surface area contributed by atoms with Crippen LogP contribution < -0.4 is 10.5 Å². The summed E-state index contributed by atoms with van der Waals surface area (Å²) >= 11 is 0. The number of fused-ring (bicyclic) bond motifs is 3. The number of nitrogen functional groups attached to an aromatic ring is 1. The van der Waals surface area contributed by atoms with Gasteiger partial charge in [0.2, 0.25) is 5.95 Å². The Kier molecular flexibility index (Phi) is 2.51. The number of hydrogen-bond donors (Lipinski definition) is 1. The Bertz CT molecular complexity index is 856. The Labute approximate surface area is 119 Å². The fourth-order valence-corrected chi connectivity index (χ4v) is 2.68. The number of nitrogens with two attached hydrogens (primary N) is 1. The van der Waals surface area contributed by atoms with E-state index in [0.717, 1.165) is 18.7 Å². The van der Waals surface area contributed by atoms with Gasteiger partial charge < -0.3 is 10.5 Å². The van der Waals surface area contributed by atoms with Gasteiger partial charge in [-0.3, -0.25) is 0 Å². The molecule has 1 aliphatic carbocycles. The molecule has 7 heteroatoms. The molecule has 0 saturated heterocycles. The van der Waals surface area contributed by atoms with E-state index in [-0.39, 0.29) is 5.95 Å². The molecule has 108 valence electrons. The summed E-state index contributed by atoms with van der Waals surface area (Å²) in [6, 6.07) is 2.67. The summed E-state index contributed by atoms with van der Waals surface area (Å²) in [5.74, 6) is 1.29. The van der Waals surface area contributed by atoms with E-state index in [1.807, 2.05) is 0 Å². The third kappa shape index (κ3) is 1.73. The van der Waals surface area contributed by atoms with Crippen molar-refractivity contribution in [1.29, 1.82) is 0 Å². The SMILES string of the molecule is COc1cc(F)cc2c1nc(N)n1nc(C3CCC3)nc21. The molecular weight excluding hydrogens is 273 g/mol. The predicted octanol–water partition coefficient (Wildman–Crippen LogP) is 2.27. The number of nitrogens with zero attached hydrogens (tertiary/aromatic N) is 4. The molecule has 0 radical (unpaired) electrons. The minimum absolute atomic E-state index is 0.223. The van der Waals surface area contributed by atoms with Crippen molar-refractivity contribution in [1.82, 2.24) is 19.6 Å². The molecule has 0 bridgehead atoms. The summed E-state index contributed by atoms with van der Waals surface area (Å²) in [5, 5.41) is 4.98. The van der Waals surface area contributed by atoms with Crippen molar-refractivity contribution < 1.29 is 9.13 Å². The minimum Gasteiger partial charge on any atom is -0.494 e. The first kappa shape index (κ1) is 12.3. The first-order valence-electron chi connectivity index (χ1n) is 6.87. The van der Waals surface area contributed by atoms with Crippen molar-refractivity contribution in [3.8, 4) is 5.75 Å². The van der Waals surface area contributed by atoms with E-state index in [2.05, 4.69) is 15.1 Å². The summed E-state index contributed by atoms with van der Waals surface area (Å²) in [6.07, 6.45) is 3.36. The molecule has 1 fully saturated rings. The summed E-state index contributed by atoms with van der Waals surface area (Å²) in [7, 11) is 1.47. The smallest absolute Gasteiger partial charge is 0.223 e. The van der Waals surface area contributed by atoms with Gasteiger partial charge >= 0.3 is 0 Å². The molecule has 0 spiro atoms. The second-order valence-electron chi connectivity index (χ2n) is 5.31. The molecule has 1 aliphatic rings. The van der Waals surface area contributed by atoms with Gasteiger partial charge in [-0.25, -0.2) is 14.4 Å². The number of anilines is 1. The van der Waals surface area contributed by atoms with Crippen LogP contribution in [0.3, 0.4) is 0 Å². The minimum atomic E-state index is -0.402. The van der Waals surface area contributed by atoms with Crippen molar-refractivity contribution >= 4 is 22.5 Å². The molecule has 0 atom stereocenters. The lowest BCUT2D eigenvalue weighted by Crippen LogP contribution is -2.10.